The first-order valence-corrected chi connectivity index (χ1v) is 9.73. The maximum atomic E-state index is 13.9. The zero-order valence-electron chi connectivity index (χ0n) is 16.4. The summed E-state index contributed by atoms with van der Waals surface area (Å²) in [7, 11) is 1.79. The number of halogens is 1. The molecule has 26 heavy (non-hydrogen) atoms. The quantitative estimate of drug-likeness (QED) is 0.635. The Morgan fingerprint density at radius 1 is 1.31 bits per heavy atom. The highest BCUT2D eigenvalue weighted by atomic mass is 19.1. The van der Waals surface area contributed by atoms with Gasteiger partial charge in [0.25, 0.3) is 0 Å². The molecule has 0 aromatic heterocycles. The summed E-state index contributed by atoms with van der Waals surface area (Å²) < 4.78 is 20.0. The van der Waals surface area contributed by atoms with Crippen molar-refractivity contribution in [2.45, 2.75) is 58.1 Å². The SMILES string of the molecule is CN=C(NCC1CCCOC1C(C)(C)C)NC1CC1c1ccccc1F. The number of rotatable bonds is 4. The molecule has 4 nitrogen and oxygen atoms in total. The number of benzene rings is 1. The first-order chi connectivity index (χ1) is 12.4. The molecule has 1 aliphatic carbocycles. The van der Waals surface area contributed by atoms with Crippen LogP contribution in [0, 0.1) is 17.2 Å². The average molecular weight is 362 g/mol. The van der Waals surface area contributed by atoms with Gasteiger partial charge in [0.2, 0.25) is 0 Å². The Bertz CT molecular complexity index is 640. The average Bonchev–Trinajstić information content (AvgIpc) is 3.37. The fourth-order valence-corrected chi connectivity index (χ4v) is 4.08. The van der Waals surface area contributed by atoms with E-state index in [9.17, 15) is 4.39 Å². The lowest BCUT2D eigenvalue weighted by Crippen LogP contribution is -2.48. The van der Waals surface area contributed by atoms with Crippen LogP contribution in [0.2, 0.25) is 0 Å². The highest BCUT2D eigenvalue weighted by Crippen LogP contribution is 2.41. The van der Waals surface area contributed by atoms with Crippen molar-refractivity contribution in [2.24, 2.45) is 16.3 Å². The first kappa shape index (κ1) is 19.2. The van der Waals surface area contributed by atoms with Crippen LogP contribution in [0.1, 0.15) is 51.5 Å². The van der Waals surface area contributed by atoms with Crippen LogP contribution in [0.25, 0.3) is 0 Å². The summed E-state index contributed by atoms with van der Waals surface area (Å²) in [6.45, 7) is 8.43. The summed E-state index contributed by atoms with van der Waals surface area (Å²) in [6.07, 6.45) is 3.49. The smallest absolute Gasteiger partial charge is 0.191 e. The molecule has 2 aliphatic rings. The largest absolute Gasteiger partial charge is 0.377 e. The Morgan fingerprint density at radius 3 is 2.77 bits per heavy atom. The summed E-state index contributed by atoms with van der Waals surface area (Å²) in [5.41, 5.74) is 0.935. The van der Waals surface area contributed by atoms with Gasteiger partial charge in [-0.3, -0.25) is 4.99 Å². The molecular weight excluding hydrogens is 329 g/mol. The Morgan fingerprint density at radius 2 is 2.08 bits per heavy atom. The van der Waals surface area contributed by atoms with E-state index in [1.54, 1.807) is 13.1 Å². The van der Waals surface area contributed by atoms with Gasteiger partial charge in [-0.1, -0.05) is 39.0 Å². The molecule has 2 fully saturated rings. The molecule has 0 spiro atoms. The second kappa shape index (κ2) is 7.95. The van der Waals surface area contributed by atoms with Crippen LogP contribution in [-0.4, -0.2) is 38.3 Å². The normalized spacial score (nSPS) is 29.3. The highest BCUT2D eigenvalue weighted by molar-refractivity contribution is 5.80. The topological polar surface area (TPSA) is 45.7 Å². The number of nitrogens with one attached hydrogen (secondary N) is 2. The molecule has 4 unspecified atom stereocenters. The van der Waals surface area contributed by atoms with E-state index in [4.69, 9.17) is 4.74 Å². The van der Waals surface area contributed by atoms with Crippen molar-refractivity contribution in [3.05, 3.63) is 35.6 Å². The lowest BCUT2D eigenvalue weighted by molar-refractivity contribution is -0.0835. The van der Waals surface area contributed by atoms with E-state index in [1.807, 2.05) is 12.1 Å². The van der Waals surface area contributed by atoms with Gasteiger partial charge in [0.05, 0.1) is 6.10 Å². The van der Waals surface area contributed by atoms with Crippen molar-refractivity contribution < 1.29 is 9.13 Å². The predicted molar refractivity (Wildman–Crippen MR) is 104 cm³/mol. The highest BCUT2D eigenvalue weighted by Gasteiger charge is 2.41. The van der Waals surface area contributed by atoms with Crippen LogP contribution >= 0.6 is 0 Å². The fraction of sp³-hybridized carbons (Fsp3) is 0.667. The van der Waals surface area contributed by atoms with Crippen molar-refractivity contribution in [1.29, 1.82) is 0 Å². The minimum atomic E-state index is -0.114. The Balaban J connectivity index is 1.52. The molecule has 0 amide bonds. The molecule has 1 aliphatic heterocycles. The van der Waals surface area contributed by atoms with Crippen LogP contribution in [0.3, 0.4) is 0 Å². The number of hydrogen-bond donors (Lipinski definition) is 2. The molecule has 1 aromatic rings. The molecule has 144 valence electrons. The van der Waals surface area contributed by atoms with Gasteiger partial charge in [0, 0.05) is 38.1 Å². The molecule has 0 bridgehead atoms. The second-order valence-corrected chi connectivity index (χ2v) is 8.63. The van der Waals surface area contributed by atoms with Gasteiger partial charge in [-0.05, 0) is 36.3 Å². The van der Waals surface area contributed by atoms with Crippen LogP contribution in [0.15, 0.2) is 29.3 Å². The van der Waals surface area contributed by atoms with Gasteiger partial charge in [-0.15, -0.1) is 0 Å². The van der Waals surface area contributed by atoms with Gasteiger partial charge >= 0.3 is 0 Å². The van der Waals surface area contributed by atoms with Crippen molar-refractivity contribution in [1.82, 2.24) is 10.6 Å². The molecule has 1 saturated heterocycles. The van der Waals surface area contributed by atoms with Gasteiger partial charge in [-0.2, -0.15) is 0 Å². The number of ether oxygens (including phenoxy) is 1. The number of guanidine groups is 1. The first-order valence-electron chi connectivity index (χ1n) is 9.73. The molecule has 1 saturated carbocycles. The fourth-order valence-electron chi connectivity index (χ4n) is 4.08. The lowest BCUT2D eigenvalue weighted by Gasteiger charge is -2.40. The van der Waals surface area contributed by atoms with Gasteiger partial charge in [0.1, 0.15) is 5.82 Å². The van der Waals surface area contributed by atoms with Crippen molar-refractivity contribution in [2.75, 3.05) is 20.2 Å². The lowest BCUT2D eigenvalue weighted by atomic mass is 9.78. The molecule has 2 N–H and O–H groups in total. The monoisotopic (exact) mass is 361 g/mol. The van der Waals surface area contributed by atoms with Crippen LogP contribution in [0.5, 0.6) is 0 Å². The molecule has 3 rings (SSSR count). The van der Waals surface area contributed by atoms with E-state index in [0.717, 1.165) is 37.5 Å². The van der Waals surface area contributed by atoms with E-state index in [2.05, 4.69) is 36.4 Å². The third kappa shape index (κ3) is 4.56. The number of aliphatic imine (C=N–C) groups is 1. The molecule has 1 aromatic carbocycles. The van der Waals surface area contributed by atoms with Crippen LogP contribution < -0.4 is 10.6 Å². The van der Waals surface area contributed by atoms with E-state index in [0.29, 0.717) is 5.92 Å². The Hall–Kier alpha value is -1.62. The minimum Gasteiger partial charge on any atom is -0.377 e. The predicted octanol–water partition coefficient (Wildman–Crippen LogP) is 3.69. The van der Waals surface area contributed by atoms with E-state index < -0.39 is 0 Å². The van der Waals surface area contributed by atoms with Gasteiger partial charge in [-0.25, -0.2) is 4.39 Å². The van der Waals surface area contributed by atoms with Crippen molar-refractivity contribution in [3.63, 3.8) is 0 Å². The third-order valence-corrected chi connectivity index (χ3v) is 5.47. The standard InChI is InChI=1S/C21H32FN3O/c1-21(2,3)19-14(8-7-11-26-19)13-24-20(23-4)25-18-12-16(18)15-9-5-6-10-17(15)22/h5-6,9-10,14,16,18-19H,7-8,11-13H2,1-4H3,(H2,23,24,25). The molecule has 0 radical (unpaired) electrons. The van der Waals surface area contributed by atoms with Crippen LogP contribution in [-0.2, 0) is 4.74 Å². The van der Waals surface area contributed by atoms with Gasteiger partial charge in [0.15, 0.2) is 5.96 Å². The second-order valence-electron chi connectivity index (χ2n) is 8.63. The van der Waals surface area contributed by atoms with Crippen molar-refractivity contribution in [3.8, 4) is 0 Å². The number of hydrogen-bond acceptors (Lipinski definition) is 2. The summed E-state index contributed by atoms with van der Waals surface area (Å²) in [5, 5.41) is 6.91. The Labute approximate surface area is 156 Å². The van der Waals surface area contributed by atoms with Crippen molar-refractivity contribution >= 4 is 5.96 Å². The maximum Gasteiger partial charge on any atom is 0.191 e. The van der Waals surface area contributed by atoms with E-state index in [1.165, 1.54) is 12.5 Å². The van der Waals surface area contributed by atoms with E-state index >= 15 is 0 Å². The molecule has 1 heterocycles. The zero-order chi connectivity index (χ0) is 18.7. The minimum absolute atomic E-state index is 0.114. The van der Waals surface area contributed by atoms with Crippen LogP contribution in [0.4, 0.5) is 4.39 Å². The van der Waals surface area contributed by atoms with E-state index in [-0.39, 0.29) is 29.3 Å². The third-order valence-electron chi connectivity index (χ3n) is 5.47. The summed E-state index contributed by atoms with van der Waals surface area (Å²) in [4.78, 5) is 4.35. The van der Waals surface area contributed by atoms with Gasteiger partial charge < -0.3 is 15.4 Å². The summed E-state index contributed by atoms with van der Waals surface area (Å²) >= 11 is 0. The number of nitrogens with zero attached hydrogens (tertiary/aromatic N) is 1. The molecular formula is C21H32FN3O. The Kier molecular flexibility index (Phi) is 5.86. The molecule has 4 atom stereocenters. The molecule has 5 heteroatoms. The zero-order valence-corrected chi connectivity index (χ0v) is 16.4. The summed E-state index contributed by atoms with van der Waals surface area (Å²) in [6, 6.07) is 7.30. The summed E-state index contributed by atoms with van der Waals surface area (Å²) in [5.74, 6) is 1.39. The maximum absolute atomic E-state index is 13.9.